The molecule has 128 valence electrons. The molecule has 0 heterocycles. The zero-order valence-corrected chi connectivity index (χ0v) is 14.9. The Balaban J connectivity index is 1.79. The average molecular weight is 333 g/mol. The van der Waals surface area contributed by atoms with Crippen molar-refractivity contribution >= 4 is 22.4 Å². The molecule has 0 saturated carbocycles. The molecule has 1 N–H and O–H groups in total. The second kappa shape index (κ2) is 7.39. The SMILES string of the molecule is CC[C@H](Oc1cccc2ccccc12)C(=O)Nc1ccc(C)c(C)c1. The average Bonchev–Trinajstić information content (AvgIpc) is 2.62. The number of fused-ring (bicyclic) bond motifs is 1. The van der Waals surface area contributed by atoms with Crippen molar-refractivity contribution < 1.29 is 9.53 Å². The molecular formula is C22H23NO2. The number of nitrogens with one attached hydrogen (secondary N) is 1. The predicted molar refractivity (Wildman–Crippen MR) is 103 cm³/mol. The molecule has 0 aromatic heterocycles. The lowest BCUT2D eigenvalue weighted by Crippen LogP contribution is -2.32. The Labute approximate surface area is 148 Å². The van der Waals surface area contributed by atoms with Crippen LogP contribution in [0.1, 0.15) is 24.5 Å². The van der Waals surface area contributed by atoms with E-state index in [1.807, 2.05) is 74.5 Å². The maximum atomic E-state index is 12.6. The number of aryl methyl sites for hydroxylation is 2. The molecule has 0 radical (unpaired) electrons. The highest BCUT2D eigenvalue weighted by Crippen LogP contribution is 2.27. The van der Waals surface area contributed by atoms with Crippen molar-refractivity contribution in [2.45, 2.75) is 33.3 Å². The van der Waals surface area contributed by atoms with Gasteiger partial charge in [-0.25, -0.2) is 0 Å². The van der Waals surface area contributed by atoms with E-state index >= 15 is 0 Å². The number of carbonyl (C=O) groups excluding carboxylic acids is 1. The van der Waals surface area contributed by atoms with E-state index < -0.39 is 6.10 Å². The summed E-state index contributed by atoms with van der Waals surface area (Å²) in [5.41, 5.74) is 3.16. The number of carbonyl (C=O) groups is 1. The van der Waals surface area contributed by atoms with Gasteiger partial charge < -0.3 is 10.1 Å². The summed E-state index contributed by atoms with van der Waals surface area (Å²) < 4.78 is 6.05. The van der Waals surface area contributed by atoms with Crippen molar-refractivity contribution in [2.75, 3.05) is 5.32 Å². The number of ether oxygens (including phenoxy) is 1. The summed E-state index contributed by atoms with van der Waals surface area (Å²) in [6.45, 7) is 6.05. The highest BCUT2D eigenvalue weighted by molar-refractivity contribution is 5.95. The van der Waals surface area contributed by atoms with Crippen LogP contribution < -0.4 is 10.1 Å². The van der Waals surface area contributed by atoms with Gasteiger partial charge in [0, 0.05) is 11.1 Å². The maximum Gasteiger partial charge on any atom is 0.265 e. The molecule has 1 atom stereocenters. The molecular weight excluding hydrogens is 310 g/mol. The van der Waals surface area contributed by atoms with Gasteiger partial charge in [0.15, 0.2) is 6.10 Å². The van der Waals surface area contributed by atoms with Crippen molar-refractivity contribution in [1.82, 2.24) is 0 Å². The van der Waals surface area contributed by atoms with E-state index in [0.717, 1.165) is 27.8 Å². The molecule has 0 aliphatic carbocycles. The summed E-state index contributed by atoms with van der Waals surface area (Å²) in [7, 11) is 0. The molecule has 3 rings (SSSR count). The molecule has 0 spiro atoms. The number of amides is 1. The first-order chi connectivity index (χ1) is 12.1. The molecule has 0 saturated heterocycles. The molecule has 3 aromatic rings. The third-order valence-electron chi connectivity index (χ3n) is 4.46. The highest BCUT2D eigenvalue weighted by Gasteiger charge is 2.19. The summed E-state index contributed by atoms with van der Waals surface area (Å²) in [6, 6.07) is 19.8. The summed E-state index contributed by atoms with van der Waals surface area (Å²) in [5, 5.41) is 5.08. The fourth-order valence-corrected chi connectivity index (χ4v) is 2.82. The van der Waals surface area contributed by atoms with Crippen LogP contribution in [0.4, 0.5) is 5.69 Å². The fourth-order valence-electron chi connectivity index (χ4n) is 2.82. The Hall–Kier alpha value is -2.81. The van der Waals surface area contributed by atoms with E-state index in [1.165, 1.54) is 5.56 Å². The summed E-state index contributed by atoms with van der Waals surface area (Å²) >= 11 is 0. The molecule has 0 aliphatic heterocycles. The van der Waals surface area contributed by atoms with Crippen LogP contribution >= 0.6 is 0 Å². The first-order valence-electron chi connectivity index (χ1n) is 8.61. The molecule has 3 nitrogen and oxygen atoms in total. The Morgan fingerprint density at radius 1 is 1.00 bits per heavy atom. The smallest absolute Gasteiger partial charge is 0.265 e. The molecule has 1 amide bonds. The van der Waals surface area contributed by atoms with Gasteiger partial charge in [-0.15, -0.1) is 0 Å². The Morgan fingerprint density at radius 2 is 1.76 bits per heavy atom. The Bertz CT molecular complexity index is 896. The fraction of sp³-hybridized carbons (Fsp3) is 0.227. The number of hydrogen-bond donors (Lipinski definition) is 1. The van der Waals surface area contributed by atoms with Gasteiger partial charge in [-0.05, 0) is 55.0 Å². The van der Waals surface area contributed by atoms with Crippen LogP contribution in [0.5, 0.6) is 5.75 Å². The largest absolute Gasteiger partial charge is 0.480 e. The van der Waals surface area contributed by atoms with Crippen molar-refractivity contribution in [3.63, 3.8) is 0 Å². The quantitative estimate of drug-likeness (QED) is 0.692. The van der Waals surface area contributed by atoms with Gasteiger partial charge >= 0.3 is 0 Å². The van der Waals surface area contributed by atoms with Crippen LogP contribution in [0, 0.1) is 13.8 Å². The van der Waals surface area contributed by atoms with Gasteiger partial charge in [0.2, 0.25) is 0 Å². The van der Waals surface area contributed by atoms with Gasteiger partial charge in [0.25, 0.3) is 5.91 Å². The first kappa shape index (κ1) is 17.0. The second-order valence-electron chi connectivity index (χ2n) is 6.28. The lowest BCUT2D eigenvalue weighted by Gasteiger charge is -2.19. The zero-order valence-electron chi connectivity index (χ0n) is 14.9. The van der Waals surface area contributed by atoms with Crippen LogP contribution in [0.25, 0.3) is 10.8 Å². The summed E-state index contributed by atoms with van der Waals surface area (Å²) in [6.07, 6.45) is 0.0623. The van der Waals surface area contributed by atoms with E-state index in [-0.39, 0.29) is 5.91 Å². The molecule has 3 heteroatoms. The van der Waals surface area contributed by atoms with E-state index in [4.69, 9.17) is 4.74 Å². The molecule has 25 heavy (non-hydrogen) atoms. The zero-order chi connectivity index (χ0) is 17.8. The van der Waals surface area contributed by atoms with Gasteiger partial charge in [-0.2, -0.15) is 0 Å². The van der Waals surface area contributed by atoms with E-state index in [0.29, 0.717) is 6.42 Å². The molecule has 3 aromatic carbocycles. The van der Waals surface area contributed by atoms with Gasteiger partial charge in [-0.3, -0.25) is 4.79 Å². The normalized spacial score (nSPS) is 12.0. The number of anilines is 1. The minimum atomic E-state index is -0.535. The Kier molecular flexibility index (Phi) is 5.03. The maximum absolute atomic E-state index is 12.6. The lowest BCUT2D eigenvalue weighted by atomic mass is 10.1. The second-order valence-corrected chi connectivity index (χ2v) is 6.28. The van der Waals surface area contributed by atoms with Crippen molar-refractivity contribution in [3.05, 3.63) is 71.8 Å². The molecule has 0 aliphatic rings. The standard InChI is InChI=1S/C22H23NO2/c1-4-20(22(24)23-18-13-12-15(2)16(3)14-18)25-21-11-7-9-17-8-5-6-10-19(17)21/h5-14,20H,4H2,1-3H3,(H,23,24)/t20-/m0/s1. The lowest BCUT2D eigenvalue weighted by molar-refractivity contribution is -0.122. The number of rotatable bonds is 5. The number of hydrogen-bond acceptors (Lipinski definition) is 2. The first-order valence-corrected chi connectivity index (χ1v) is 8.61. The van der Waals surface area contributed by atoms with Crippen LogP contribution in [0.15, 0.2) is 60.7 Å². The number of benzene rings is 3. The van der Waals surface area contributed by atoms with Gasteiger partial charge in [0.1, 0.15) is 5.75 Å². The van der Waals surface area contributed by atoms with Crippen LogP contribution in [0.2, 0.25) is 0 Å². The summed E-state index contributed by atoms with van der Waals surface area (Å²) in [4.78, 5) is 12.6. The topological polar surface area (TPSA) is 38.3 Å². The van der Waals surface area contributed by atoms with Crippen LogP contribution in [-0.2, 0) is 4.79 Å². The van der Waals surface area contributed by atoms with E-state index in [9.17, 15) is 4.79 Å². The van der Waals surface area contributed by atoms with Gasteiger partial charge in [0.05, 0.1) is 0 Å². The minimum absolute atomic E-state index is 0.126. The van der Waals surface area contributed by atoms with E-state index in [1.54, 1.807) is 0 Å². The third kappa shape index (κ3) is 3.82. The minimum Gasteiger partial charge on any atom is -0.480 e. The molecule has 0 fully saturated rings. The van der Waals surface area contributed by atoms with Crippen molar-refractivity contribution in [2.24, 2.45) is 0 Å². The molecule has 0 bridgehead atoms. The monoisotopic (exact) mass is 333 g/mol. The predicted octanol–water partition coefficient (Wildman–Crippen LogP) is 5.25. The van der Waals surface area contributed by atoms with Crippen LogP contribution in [-0.4, -0.2) is 12.0 Å². The van der Waals surface area contributed by atoms with Crippen molar-refractivity contribution in [1.29, 1.82) is 0 Å². The molecule has 0 unspecified atom stereocenters. The summed E-state index contributed by atoms with van der Waals surface area (Å²) in [5.74, 6) is 0.610. The van der Waals surface area contributed by atoms with E-state index in [2.05, 4.69) is 12.2 Å². The van der Waals surface area contributed by atoms with Crippen molar-refractivity contribution in [3.8, 4) is 5.75 Å². The highest BCUT2D eigenvalue weighted by atomic mass is 16.5. The Morgan fingerprint density at radius 3 is 2.52 bits per heavy atom. The van der Waals surface area contributed by atoms with Gasteiger partial charge in [-0.1, -0.05) is 49.4 Å². The third-order valence-corrected chi connectivity index (χ3v) is 4.46. The van der Waals surface area contributed by atoms with Crippen LogP contribution in [0.3, 0.4) is 0 Å².